The summed E-state index contributed by atoms with van der Waals surface area (Å²) >= 11 is 0. The molecule has 2 rings (SSSR count). The third-order valence-electron chi connectivity index (χ3n) is 5.27. The van der Waals surface area contributed by atoms with Crippen molar-refractivity contribution in [1.82, 2.24) is 10.2 Å². The maximum absolute atomic E-state index is 12.8. The van der Waals surface area contributed by atoms with E-state index in [0.717, 1.165) is 39.0 Å². The molecule has 0 bridgehead atoms. The van der Waals surface area contributed by atoms with Gasteiger partial charge in [-0.1, -0.05) is 27.7 Å². The van der Waals surface area contributed by atoms with E-state index >= 15 is 0 Å². The number of likely N-dealkylation sites (tertiary alicyclic amines) is 1. The Morgan fingerprint density at radius 2 is 1.89 bits per heavy atom. The highest BCUT2D eigenvalue weighted by atomic mass is 16.2. The molecule has 1 amide bonds. The number of carbonyl (C=O) groups is 1. The Bertz CT molecular complexity index is 320. The number of hydrogen-bond donors (Lipinski definition) is 1. The monoisotopic (exact) mass is 266 g/mol. The van der Waals surface area contributed by atoms with E-state index in [0.29, 0.717) is 17.2 Å². The van der Waals surface area contributed by atoms with E-state index in [-0.39, 0.29) is 5.41 Å². The van der Waals surface area contributed by atoms with E-state index in [1.54, 1.807) is 0 Å². The molecule has 3 heteroatoms. The SMILES string of the molecule is CC1(C)CCN(C(=O)C(C)(C)C2CCCNC2)CC1. The number of nitrogens with zero attached hydrogens (tertiary/aromatic N) is 1. The predicted octanol–water partition coefficient (Wildman–Crippen LogP) is 2.66. The van der Waals surface area contributed by atoms with Crippen molar-refractivity contribution in [2.45, 2.75) is 53.4 Å². The highest BCUT2D eigenvalue weighted by Gasteiger charge is 2.41. The van der Waals surface area contributed by atoms with Gasteiger partial charge < -0.3 is 10.2 Å². The van der Waals surface area contributed by atoms with Crippen molar-refractivity contribution < 1.29 is 4.79 Å². The van der Waals surface area contributed by atoms with Gasteiger partial charge in [0, 0.05) is 18.5 Å². The molecule has 1 N–H and O–H groups in total. The first-order valence-corrected chi connectivity index (χ1v) is 7.83. The van der Waals surface area contributed by atoms with Gasteiger partial charge in [-0.15, -0.1) is 0 Å². The van der Waals surface area contributed by atoms with Crippen LogP contribution in [0.2, 0.25) is 0 Å². The number of carbonyl (C=O) groups excluding carboxylic acids is 1. The van der Waals surface area contributed by atoms with Gasteiger partial charge in [-0.05, 0) is 50.1 Å². The van der Waals surface area contributed by atoms with Gasteiger partial charge in [-0.2, -0.15) is 0 Å². The van der Waals surface area contributed by atoms with Crippen LogP contribution in [0.15, 0.2) is 0 Å². The van der Waals surface area contributed by atoms with E-state index in [2.05, 4.69) is 37.9 Å². The minimum absolute atomic E-state index is 0.213. The highest BCUT2D eigenvalue weighted by Crippen LogP contribution is 2.36. The number of nitrogens with one attached hydrogen (secondary N) is 1. The molecule has 2 heterocycles. The smallest absolute Gasteiger partial charge is 0.228 e. The number of piperidine rings is 2. The number of rotatable bonds is 2. The Morgan fingerprint density at radius 3 is 2.42 bits per heavy atom. The van der Waals surface area contributed by atoms with Crippen LogP contribution >= 0.6 is 0 Å². The molecule has 2 aliphatic rings. The fraction of sp³-hybridized carbons (Fsp3) is 0.938. The third-order valence-corrected chi connectivity index (χ3v) is 5.27. The first-order valence-electron chi connectivity index (χ1n) is 7.83. The molecule has 19 heavy (non-hydrogen) atoms. The maximum Gasteiger partial charge on any atom is 0.228 e. The Morgan fingerprint density at radius 1 is 1.26 bits per heavy atom. The fourth-order valence-electron chi connectivity index (χ4n) is 3.37. The van der Waals surface area contributed by atoms with Crippen LogP contribution in [0, 0.1) is 16.7 Å². The second-order valence-corrected chi connectivity index (χ2v) is 7.72. The van der Waals surface area contributed by atoms with Crippen molar-refractivity contribution in [3.8, 4) is 0 Å². The average molecular weight is 266 g/mol. The second-order valence-electron chi connectivity index (χ2n) is 7.72. The minimum Gasteiger partial charge on any atom is -0.342 e. The standard InChI is InChI=1S/C16H30N2O/c1-15(2)7-10-18(11-8-15)14(19)16(3,4)13-6-5-9-17-12-13/h13,17H,5-12H2,1-4H3. The Hall–Kier alpha value is -0.570. The first kappa shape index (κ1) is 14.8. The second kappa shape index (κ2) is 5.43. The van der Waals surface area contributed by atoms with Gasteiger partial charge in [-0.25, -0.2) is 0 Å². The van der Waals surface area contributed by atoms with Gasteiger partial charge in [0.25, 0.3) is 0 Å². The molecule has 2 fully saturated rings. The molecule has 0 aromatic rings. The molecule has 1 unspecified atom stereocenters. The lowest BCUT2D eigenvalue weighted by Gasteiger charge is -2.43. The van der Waals surface area contributed by atoms with Crippen LogP contribution in [0.25, 0.3) is 0 Å². The lowest BCUT2D eigenvalue weighted by molar-refractivity contribution is -0.146. The van der Waals surface area contributed by atoms with E-state index in [4.69, 9.17) is 0 Å². The van der Waals surface area contributed by atoms with Crippen molar-refractivity contribution in [2.24, 2.45) is 16.7 Å². The molecular weight excluding hydrogens is 236 g/mol. The average Bonchev–Trinajstić information content (AvgIpc) is 2.39. The lowest BCUT2D eigenvalue weighted by atomic mass is 9.73. The number of amides is 1. The van der Waals surface area contributed by atoms with Crippen LogP contribution < -0.4 is 5.32 Å². The van der Waals surface area contributed by atoms with Crippen LogP contribution in [0.4, 0.5) is 0 Å². The summed E-state index contributed by atoms with van der Waals surface area (Å²) in [5, 5.41) is 3.44. The van der Waals surface area contributed by atoms with Crippen molar-refractivity contribution in [3.05, 3.63) is 0 Å². The van der Waals surface area contributed by atoms with Crippen LogP contribution in [-0.2, 0) is 4.79 Å². The van der Waals surface area contributed by atoms with Crippen LogP contribution in [-0.4, -0.2) is 37.0 Å². The Labute approximate surface area is 118 Å². The zero-order chi connectivity index (χ0) is 14.1. The van der Waals surface area contributed by atoms with Gasteiger partial charge in [0.1, 0.15) is 0 Å². The molecule has 2 aliphatic heterocycles. The normalized spacial score (nSPS) is 28.2. The molecule has 2 saturated heterocycles. The summed E-state index contributed by atoms with van der Waals surface area (Å²) in [7, 11) is 0. The summed E-state index contributed by atoms with van der Waals surface area (Å²) in [6.07, 6.45) is 4.66. The molecule has 0 aliphatic carbocycles. The van der Waals surface area contributed by atoms with Crippen LogP contribution in [0.3, 0.4) is 0 Å². The molecule has 0 saturated carbocycles. The van der Waals surface area contributed by atoms with E-state index < -0.39 is 0 Å². The van der Waals surface area contributed by atoms with Crippen molar-refractivity contribution in [2.75, 3.05) is 26.2 Å². The van der Waals surface area contributed by atoms with Crippen molar-refractivity contribution >= 4 is 5.91 Å². The zero-order valence-corrected chi connectivity index (χ0v) is 13.1. The molecule has 0 aromatic heterocycles. The Kier molecular flexibility index (Phi) is 4.24. The van der Waals surface area contributed by atoms with Crippen molar-refractivity contribution in [3.63, 3.8) is 0 Å². The summed E-state index contributed by atoms with van der Waals surface area (Å²) in [6.45, 7) is 12.9. The first-order chi connectivity index (χ1) is 8.83. The quantitative estimate of drug-likeness (QED) is 0.833. The molecule has 1 atom stereocenters. The Balaban J connectivity index is 1.98. The summed E-state index contributed by atoms with van der Waals surface area (Å²) in [5.41, 5.74) is 0.197. The van der Waals surface area contributed by atoms with Gasteiger partial charge in [-0.3, -0.25) is 4.79 Å². The van der Waals surface area contributed by atoms with E-state index in [1.165, 1.54) is 12.8 Å². The van der Waals surface area contributed by atoms with Crippen LogP contribution in [0.1, 0.15) is 53.4 Å². The maximum atomic E-state index is 12.8. The number of hydrogen-bond acceptors (Lipinski definition) is 2. The fourth-order valence-corrected chi connectivity index (χ4v) is 3.37. The van der Waals surface area contributed by atoms with Gasteiger partial charge in [0.15, 0.2) is 0 Å². The highest BCUT2D eigenvalue weighted by molar-refractivity contribution is 5.82. The van der Waals surface area contributed by atoms with E-state index in [9.17, 15) is 4.79 Å². The summed E-state index contributed by atoms with van der Waals surface area (Å²) in [4.78, 5) is 14.9. The largest absolute Gasteiger partial charge is 0.342 e. The third kappa shape index (κ3) is 3.31. The summed E-state index contributed by atoms with van der Waals surface area (Å²) in [6, 6.07) is 0. The minimum atomic E-state index is -0.213. The molecule has 110 valence electrons. The molecular formula is C16H30N2O. The van der Waals surface area contributed by atoms with Gasteiger partial charge in [0.05, 0.1) is 0 Å². The summed E-state index contributed by atoms with van der Waals surface area (Å²) in [5.74, 6) is 0.861. The lowest BCUT2D eigenvalue weighted by Crippen LogP contribution is -2.51. The van der Waals surface area contributed by atoms with Crippen LogP contribution in [0.5, 0.6) is 0 Å². The van der Waals surface area contributed by atoms with Gasteiger partial charge >= 0.3 is 0 Å². The van der Waals surface area contributed by atoms with Gasteiger partial charge in [0.2, 0.25) is 5.91 Å². The molecule has 0 radical (unpaired) electrons. The molecule has 3 nitrogen and oxygen atoms in total. The molecule has 0 aromatic carbocycles. The zero-order valence-electron chi connectivity index (χ0n) is 13.1. The molecule has 0 spiro atoms. The van der Waals surface area contributed by atoms with E-state index in [1.807, 2.05) is 0 Å². The summed E-state index contributed by atoms with van der Waals surface area (Å²) < 4.78 is 0. The predicted molar refractivity (Wildman–Crippen MR) is 79.0 cm³/mol. The topological polar surface area (TPSA) is 32.3 Å². The van der Waals surface area contributed by atoms with Crippen molar-refractivity contribution in [1.29, 1.82) is 0 Å².